The van der Waals surface area contributed by atoms with Gasteiger partial charge >= 0.3 is 0 Å². The van der Waals surface area contributed by atoms with Gasteiger partial charge in [-0.25, -0.2) is 9.07 Å². The molecule has 1 N–H and O–H groups in total. The summed E-state index contributed by atoms with van der Waals surface area (Å²) < 4.78 is 20.7. The number of carbonyl (C=O) groups excluding carboxylic acids is 1. The molecule has 0 aliphatic carbocycles. The number of ether oxygens (including phenoxy) is 1. The van der Waals surface area contributed by atoms with E-state index in [1.165, 1.54) is 12.1 Å². The largest absolute Gasteiger partial charge is 0.374 e. The van der Waals surface area contributed by atoms with Gasteiger partial charge < -0.3 is 10.1 Å². The topological polar surface area (TPSA) is 56.2 Å². The maximum Gasteiger partial charge on any atom is 0.255 e. The molecule has 1 atom stereocenters. The summed E-state index contributed by atoms with van der Waals surface area (Å²) in [6.07, 6.45) is 0.734. The number of nitrogens with one attached hydrogen (secondary N) is 1. The van der Waals surface area contributed by atoms with Crippen LogP contribution in [0.4, 0.5) is 4.39 Å². The predicted molar refractivity (Wildman–Crippen MR) is 111 cm³/mol. The summed E-state index contributed by atoms with van der Waals surface area (Å²) in [7, 11) is 0. The van der Waals surface area contributed by atoms with E-state index in [9.17, 15) is 9.18 Å². The summed E-state index contributed by atoms with van der Waals surface area (Å²) in [5.74, 6) is -0.471. The van der Waals surface area contributed by atoms with Crippen LogP contribution >= 0.6 is 0 Å². The molecule has 1 heterocycles. The first-order valence-corrected chi connectivity index (χ1v) is 9.74. The molecule has 0 fully saturated rings. The van der Waals surface area contributed by atoms with Crippen LogP contribution < -0.4 is 5.32 Å². The Kier molecular flexibility index (Phi) is 6.77. The molecule has 2 aromatic carbocycles. The molecule has 1 aromatic heterocycles. The number of rotatable bonds is 8. The minimum absolute atomic E-state index is 0.0188. The maximum atomic E-state index is 13.2. The number of aryl methyl sites for hydroxylation is 1. The Morgan fingerprint density at radius 3 is 2.52 bits per heavy atom. The van der Waals surface area contributed by atoms with Crippen molar-refractivity contribution in [2.45, 2.75) is 33.3 Å². The van der Waals surface area contributed by atoms with Gasteiger partial charge in [0.2, 0.25) is 0 Å². The van der Waals surface area contributed by atoms with Gasteiger partial charge in [0.15, 0.2) is 0 Å². The fraction of sp³-hybridized carbons (Fsp3) is 0.304. The molecule has 3 rings (SSSR count). The van der Waals surface area contributed by atoms with Gasteiger partial charge in [-0.3, -0.25) is 4.79 Å². The van der Waals surface area contributed by atoms with E-state index < -0.39 is 0 Å². The molecule has 152 valence electrons. The van der Waals surface area contributed by atoms with Crippen molar-refractivity contribution < 1.29 is 13.9 Å². The van der Waals surface area contributed by atoms with Crippen molar-refractivity contribution in [3.63, 3.8) is 0 Å². The molecule has 6 heteroatoms. The Morgan fingerprint density at radius 1 is 1.14 bits per heavy atom. The van der Waals surface area contributed by atoms with Crippen molar-refractivity contribution in [3.8, 4) is 5.69 Å². The second-order valence-electron chi connectivity index (χ2n) is 6.97. The number of nitrogens with zero attached hydrogens (tertiary/aromatic N) is 2. The van der Waals surface area contributed by atoms with Crippen molar-refractivity contribution >= 4 is 5.91 Å². The fourth-order valence-corrected chi connectivity index (χ4v) is 3.25. The molecule has 0 saturated heterocycles. The molecule has 3 aromatic rings. The van der Waals surface area contributed by atoms with Crippen LogP contribution in [0.1, 0.15) is 46.8 Å². The summed E-state index contributed by atoms with van der Waals surface area (Å²) in [5.41, 5.74) is 3.76. The van der Waals surface area contributed by atoms with Gasteiger partial charge in [0.25, 0.3) is 5.91 Å². The predicted octanol–water partition coefficient (Wildman–Crippen LogP) is 4.53. The molecular formula is C23H26FN3O2. The Labute approximate surface area is 170 Å². The van der Waals surface area contributed by atoms with Gasteiger partial charge in [-0.05, 0) is 57.0 Å². The van der Waals surface area contributed by atoms with Crippen LogP contribution in [0.2, 0.25) is 0 Å². The molecular weight excluding hydrogens is 369 g/mol. The van der Waals surface area contributed by atoms with Crippen molar-refractivity contribution in [1.29, 1.82) is 0 Å². The lowest BCUT2D eigenvalue weighted by atomic mass is 10.1. The van der Waals surface area contributed by atoms with E-state index in [0.29, 0.717) is 36.5 Å². The Morgan fingerprint density at radius 2 is 1.83 bits per heavy atom. The van der Waals surface area contributed by atoms with Gasteiger partial charge in [-0.15, -0.1) is 0 Å². The lowest BCUT2D eigenvalue weighted by molar-refractivity contribution is 0.0635. The second-order valence-corrected chi connectivity index (χ2v) is 6.97. The van der Waals surface area contributed by atoms with E-state index in [-0.39, 0.29) is 17.8 Å². The quantitative estimate of drug-likeness (QED) is 0.570. The van der Waals surface area contributed by atoms with Crippen LogP contribution in [0.5, 0.6) is 0 Å². The summed E-state index contributed by atoms with van der Waals surface area (Å²) in [6, 6.07) is 16.1. The lowest BCUT2D eigenvalue weighted by Crippen LogP contribution is -2.26. The lowest BCUT2D eigenvalue weighted by Gasteiger charge is -2.13. The number of halogens is 1. The van der Waals surface area contributed by atoms with Crippen LogP contribution in [-0.2, 0) is 4.74 Å². The van der Waals surface area contributed by atoms with Gasteiger partial charge in [0.05, 0.1) is 28.7 Å². The van der Waals surface area contributed by atoms with Gasteiger partial charge in [-0.1, -0.05) is 30.3 Å². The number of carbonyl (C=O) groups is 1. The van der Waals surface area contributed by atoms with E-state index >= 15 is 0 Å². The van der Waals surface area contributed by atoms with Crippen molar-refractivity contribution in [1.82, 2.24) is 15.1 Å². The van der Waals surface area contributed by atoms with Crippen molar-refractivity contribution in [3.05, 3.63) is 82.9 Å². The monoisotopic (exact) mass is 395 g/mol. The Bertz CT molecular complexity index is 952. The summed E-state index contributed by atoms with van der Waals surface area (Å²) >= 11 is 0. The third-order valence-corrected chi connectivity index (χ3v) is 4.83. The fourth-order valence-electron chi connectivity index (χ4n) is 3.25. The van der Waals surface area contributed by atoms with Gasteiger partial charge in [0, 0.05) is 13.2 Å². The minimum atomic E-state index is -0.308. The number of hydrogen-bond donors (Lipinski definition) is 1. The number of benzene rings is 2. The smallest absolute Gasteiger partial charge is 0.255 e. The average Bonchev–Trinajstić information content (AvgIpc) is 3.02. The van der Waals surface area contributed by atoms with E-state index in [1.807, 2.05) is 44.2 Å². The third kappa shape index (κ3) is 5.09. The Balaban J connectivity index is 1.53. The van der Waals surface area contributed by atoms with E-state index in [0.717, 1.165) is 11.3 Å². The first-order valence-electron chi connectivity index (χ1n) is 9.74. The SMILES string of the molecule is Cc1nn(-c2ccc(F)cc2)c(C)c1C(=O)NCCCOC(C)c1ccccc1. The first-order chi connectivity index (χ1) is 14.0. The van der Waals surface area contributed by atoms with Crippen LogP contribution in [0.15, 0.2) is 54.6 Å². The number of hydrogen-bond acceptors (Lipinski definition) is 3. The number of aromatic nitrogens is 2. The molecule has 1 amide bonds. The third-order valence-electron chi connectivity index (χ3n) is 4.83. The van der Waals surface area contributed by atoms with Crippen LogP contribution in [0.3, 0.4) is 0 Å². The van der Waals surface area contributed by atoms with Crippen LogP contribution in [-0.4, -0.2) is 28.8 Å². The normalized spacial score (nSPS) is 12.0. The molecule has 0 aliphatic rings. The first kappa shape index (κ1) is 20.7. The zero-order valence-corrected chi connectivity index (χ0v) is 17.0. The van der Waals surface area contributed by atoms with Crippen LogP contribution in [0, 0.1) is 19.7 Å². The van der Waals surface area contributed by atoms with E-state index in [4.69, 9.17) is 4.74 Å². The highest BCUT2D eigenvalue weighted by Crippen LogP contribution is 2.19. The highest BCUT2D eigenvalue weighted by molar-refractivity contribution is 5.96. The molecule has 29 heavy (non-hydrogen) atoms. The van der Waals surface area contributed by atoms with E-state index in [1.54, 1.807) is 23.7 Å². The minimum Gasteiger partial charge on any atom is -0.374 e. The molecule has 0 bridgehead atoms. The van der Waals surface area contributed by atoms with Crippen molar-refractivity contribution in [2.24, 2.45) is 0 Å². The number of amides is 1. The standard InChI is InChI=1S/C23H26FN3O2/c1-16-22(17(2)27(26-16)21-12-10-20(24)11-13-21)23(28)25-14-7-15-29-18(3)19-8-5-4-6-9-19/h4-6,8-13,18H,7,14-15H2,1-3H3,(H,25,28). The molecule has 0 aliphatic heterocycles. The van der Waals surface area contributed by atoms with Gasteiger partial charge in [0.1, 0.15) is 5.82 Å². The molecule has 0 saturated carbocycles. The molecule has 1 unspecified atom stereocenters. The summed E-state index contributed by atoms with van der Waals surface area (Å²) in [6.45, 7) is 6.73. The molecule has 5 nitrogen and oxygen atoms in total. The van der Waals surface area contributed by atoms with Gasteiger partial charge in [-0.2, -0.15) is 5.10 Å². The zero-order chi connectivity index (χ0) is 20.8. The molecule has 0 radical (unpaired) electrons. The maximum absolute atomic E-state index is 13.2. The van der Waals surface area contributed by atoms with E-state index in [2.05, 4.69) is 10.4 Å². The summed E-state index contributed by atoms with van der Waals surface area (Å²) in [4.78, 5) is 12.6. The Hall–Kier alpha value is -2.99. The zero-order valence-electron chi connectivity index (χ0n) is 17.0. The molecule has 0 spiro atoms. The van der Waals surface area contributed by atoms with Crippen LogP contribution in [0.25, 0.3) is 5.69 Å². The summed E-state index contributed by atoms with van der Waals surface area (Å²) in [5, 5.41) is 7.38. The average molecular weight is 395 g/mol. The highest BCUT2D eigenvalue weighted by Gasteiger charge is 2.19. The van der Waals surface area contributed by atoms with Crippen molar-refractivity contribution in [2.75, 3.05) is 13.2 Å². The highest BCUT2D eigenvalue weighted by atomic mass is 19.1. The second kappa shape index (κ2) is 9.47.